The second-order valence-electron chi connectivity index (χ2n) is 5.34. The van der Waals surface area contributed by atoms with Crippen LogP contribution in [0.2, 0.25) is 0 Å². The van der Waals surface area contributed by atoms with Gasteiger partial charge in [0.25, 0.3) is 5.89 Å². The fourth-order valence-electron chi connectivity index (χ4n) is 2.44. The molecule has 0 aromatic carbocycles. The predicted octanol–water partition coefficient (Wildman–Crippen LogP) is 1.41. The number of piperidine rings is 1. The molecular weight excluding hydrogens is 340 g/mol. The molecule has 1 saturated heterocycles. The summed E-state index contributed by atoms with van der Waals surface area (Å²) in [6, 6.07) is 3.73. The standard InChI is InChI=1S/C13H16N4O4S2/c1-23(19,20)17-6-2-4-9(8-17)11(18)14-13-16-15-12(21-13)10-5-3-7-22-10/h3,5,7,9H,2,4,6,8H2,1H3,(H,14,16,18)/t9-/m0/s1. The van der Waals surface area contributed by atoms with Crippen molar-refractivity contribution in [2.45, 2.75) is 12.8 Å². The molecule has 124 valence electrons. The average Bonchev–Trinajstić information content (AvgIpc) is 3.17. The SMILES string of the molecule is CS(=O)(=O)N1CCC[C@H](C(=O)Nc2nnc(-c3cccs3)o2)C1. The molecule has 0 radical (unpaired) electrons. The molecule has 23 heavy (non-hydrogen) atoms. The lowest BCUT2D eigenvalue weighted by Crippen LogP contribution is -2.43. The van der Waals surface area contributed by atoms with E-state index in [4.69, 9.17) is 4.42 Å². The fraction of sp³-hybridized carbons (Fsp3) is 0.462. The van der Waals surface area contributed by atoms with Gasteiger partial charge in [0.05, 0.1) is 17.1 Å². The number of carbonyl (C=O) groups excluding carboxylic acids is 1. The number of nitrogens with zero attached hydrogens (tertiary/aromatic N) is 3. The van der Waals surface area contributed by atoms with Crippen LogP contribution in [-0.4, -0.2) is 48.2 Å². The monoisotopic (exact) mass is 356 g/mol. The second kappa shape index (κ2) is 6.38. The second-order valence-corrected chi connectivity index (χ2v) is 8.27. The van der Waals surface area contributed by atoms with E-state index in [1.54, 1.807) is 0 Å². The van der Waals surface area contributed by atoms with Crippen LogP contribution in [0.3, 0.4) is 0 Å². The number of sulfonamides is 1. The predicted molar refractivity (Wildman–Crippen MR) is 85.4 cm³/mol. The Balaban J connectivity index is 1.65. The summed E-state index contributed by atoms with van der Waals surface area (Å²) in [5, 5.41) is 12.1. The quantitative estimate of drug-likeness (QED) is 0.888. The maximum atomic E-state index is 12.3. The van der Waals surface area contributed by atoms with E-state index in [9.17, 15) is 13.2 Å². The lowest BCUT2D eigenvalue weighted by Gasteiger charge is -2.29. The number of thiophene rings is 1. The molecular formula is C13H16N4O4S2. The van der Waals surface area contributed by atoms with Gasteiger partial charge in [-0.05, 0) is 24.3 Å². The molecule has 0 aliphatic carbocycles. The number of anilines is 1. The Kier molecular flexibility index (Phi) is 4.46. The first-order valence-electron chi connectivity index (χ1n) is 7.07. The highest BCUT2D eigenvalue weighted by Gasteiger charge is 2.30. The van der Waals surface area contributed by atoms with Crippen LogP contribution in [0.4, 0.5) is 6.01 Å². The van der Waals surface area contributed by atoms with Crippen LogP contribution in [0.15, 0.2) is 21.9 Å². The summed E-state index contributed by atoms with van der Waals surface area (Å²) in [6.07, 6.45) is 2.43. The molecule has 10 heteroatoms. The Morgan fingerprint density at radius 1 is 1.48 bits per heavy atom. The van der Waals surface area contributed by atoms with E-state index in [0.29, 0.717) is 25.3 Å². The van der Waals surface area contributed by atoms with Crippen LogP contribution in [0.25, 0.3) is 10.8 Å². The maximum Gasteiger partial charge on any atom is 0.322 e. The van der Waals surface area contributed by atoms with E-state index < -0.39 is 15.9 Å². The van der Waals surface area contributed by atoms with E-state index in [1.165, 1.54) is 15.6 Å². The first-order valence-corrected chi connectivity index (χ1v) is 9.79. The zero-order chi connectivity index (χ0) is 16.4. The van der Waals surface area contributed by atoms with Gasteiger partial charge in [-0.15, -0.1) is 16.4 Å². The van der Waals surface area contributed by atoms with Gasteiger partial charge < -0.3 is 4.42 Å². The molecule has 1 amide bonds. The van der Waals surface area contributed by atoms with Crippen molar-refractivity contribution in [3.63, 3.8) is 0 Å². The summed E-state index contributed by atoms with van der Waals surface area (Å²) in [7, 11) is -3.29. The Labute approximate surface area is 137 Å². The van der Waals surface area contributed by atoms with Gasteiger partial charge in [0.2, 0.25) is 15.9 Å². The van der Waals surface area contributed by atoms with E-state index in [0.717, 1.165) is 11.1 Å². The Morgan fingerprint density at radius 2 is 2.30 bits per heavy atom. The highest BCUT2D eigenvalue weighted by molar-refractivity contribution is 7.88. The van der Waals surface area contributed by atoms with Crippen molar-refractivity contribution in [2.75, 3.05) is 24.7 Å². The summed E-state index contributed by atoms with van der Waals surface area (Å²) in [6.45, 7) is 0.627. The zero-order valence-electron chi connectivity index (χ0n) is 12.4. The number of hydrogen-bond donors (Lipinski definition) is 1. The van der Waals surface area contributed by atoms with Gasteiger partial charge in [0.15, 0.2) is 0 Å². The molecule has 1 N–H and O–H groups in total. The maximum absolute atomic E-state index is 12.3. The van der Waals surface area contributed by atoms with Crippen molar-refractivity contribution < 1.29 is 17.6 Å². The smallest absolute Gasteiger partial charge is 0.322 e. The third-order valence-corrected chi connectivity index (χ3v) is 5.74. The summed E-state index contributed by atoms with van der Waals surface area (Å²) in [4.78, 5) is 13.1. The third kappa shape index (κ3) is 3.77. The summed E-state index contributed by atoms with van der Waals surface area (Å²) in [5.74, 6) is -0.382. The fourth-order valence-corrected chi connectivity index (χ4v) is 3.99. The highest BCUT2D eigenvalue weighted by atomic mass is 32.2. The lowest BCUT2D eigenvalue weighted by molar-refractivity contribution is -0.121. The molecule has 0 unspecified atom stereocenters. The van der Waals surface area contributed by atoms with Crippen molar-refractivity contribution >= 4 is 33.3 Å². The normalized spacial score (nSPS) is 19.6. The van der Waals surface area contributed by atoms with Crippen molar-refractivity contribution in [1.82, 2.24) is 14.5 Å². The number of rotatable bonds is 4. The topological polar surface area (TPSA) is 105 Å². The molecule has 3 heterocycles. The first-order chi connectivity index (χ1) is 10.9. The molecule has 0 saturated carbocycles. The van der Waals surface area contributed by atoms with Gasteiger partial charge in [0, 0.05) is 13.1 Å². The molecule has 1 fully saturated rings. The number of carbonyl (C=O) groups is 1. The zero-order valence-corrected chi connectivity index (χ0v) is 14.1. The van der Waals surface area contributed by atoms with Gasteiger partial charge in [-0.25, -0.2) is 12.7 Å². The summed E-state index contributed by atoms with van der Waals surface area (Å²) in [5.41, 5.74) is 0. The number of hydrogen-bond acceptors (Lipinski definition) is 7. The molecule has 2 aromatic heterocycles. The van der Waals surface area contributed by atoms with Gasteiger partial charge in [-0.1, -0.05) is 11.2 Å². The van der Waals surface area contributed by atoms with Crippen LogP contribution in [-0.2, 0) is 14.8 Å². The largest absolute Gasteiger partial charge is 0.402 e. The Bertz CT molecular complexity index is 785. The summed E-state index contributed by atoms with van der Waals surface area (Å²) < 4.78 is 29.9. The molecule has 1 atom stereocenters. The molecule has 2 aromatic rings. The van der Waals surface area contributed by atoms with Crippen LogP contribution >= 0.6 is 11.3 Å². The van der Waals surface area contributed by atoms with Gasteiger partial charge >= 0.3 is 6.01 Å². The van der Waals surface area contributed by atoms with E-state index in [2.05, 4.69) is 15.5 Å². The minimum atomic E-state index is -3.29. The first kappa shape index (κ1) is 16.1. The number of nitrogens with one attached hydrogen (secondary N) is 1. The van der Waals surface area contributed by atoms with Crippen molar-refractivity contribution in [3.05, 3.63) is 17.5 Å². The number of aromatic nitrogens is 2. The van der Waals surface area contributed by atoms with Gasteiger partial charge in [0.1, 0.15) is 0 Å². The molecule has 1 aliphatic heterocycles. The van der Waals surface area contributed by atoms with E-state index >= 15 is 0 Å². The van der Waals surface area contributed by atoms with Gasteiger partial charge in [-0.3, -0.25) is 10.1 Å². The minimum absolute atomic E-state index is 0.0230. The average molecular weight is 356 g/mol. The highest BCUT2D eigenvalue weighted by Crippen LogP contribution is 2.25. The van der Waals surface area contributed by atoms with Crippen LogP contribution in [0, 0.1) is 5.92 Å². The van der Waals surface area contributed by atoms with Crippen molar-refractivity contribution in [3.8, 4) is 10.8 Å². The Hall–Kier alpha value is -1.78. The molecule has 3 rings (SSSR count). The van der Waals surface area contributed by atoms with E-state index in [-0.39, 0.29) is 18.5 Å². The van der Waals surface area contributed by atoms with Crippen molar-refractivity contribution in [2.24, 2.45) is 5.92 Å². The molecule has 0 bridgehead atoms. The van der Waals surface area contributed by atoms with Gasteiger partial charge in [-0.2, -0.15) is 0 Å². The van der Waals surface area contributed by atoms with Crippen LogP contribution in [0.1, 0.15) is 12.8 Å². The van der Waals surface area contributed by atoms with E-state index in [1.807, 2.05) is 17.5 Å². The number of amides is 1. The molecule has 8 nitrogen and oxygen atoms in total. The third-order valence-electron chi connectivity index (χ3n) is 3.61. The molecule has 1 aliphatic rings. The van der Waals surface area contributed by atoms with Crippen molar-refractivity contribution in [1.29, 1.82) is 0 Å². The Morgan fingerprint density at radius 3 is 3.00 bits per heavy atom. The lowest BCUT2D eigenvalue weighted by atomic mass is 9.99. The van der Waals surface area contributed by atoms with Crippen LogP contribution < -0.4 is 5.32 Å². The van der Waals surface area contributed by atoms with Crippen LogP contribution in [0.5, 0.6) is 0 Å². The molecule has 0 spiro atoms. The minimum Gasteiger partial charge on any atom is -0.402 e. The summed E-state index contributed by atoms with van der Waals surface area (Å²) >= 11 is 1.46.